The zero-order valence-electron chi connectivity index (χ0n) is 19.2. The monoisotopic (exact) mass is 431 g/mol. The van der Waals surface area contributed by atoms with Crippen LogP contribution in [0.4, 0.5) is 11.4 Å². The summed E-state index contributed by atoms with van der Waals surface area (Å²) in [5, 5.41) is 6.94. The summed E-state index contributed by atoms with van der Waals surface area (Å²) in [5.74, 6) is 0.290. The van der Waals surface area contributed by atoms with E-state index >= 15 is 0 Å². The predicted octanol–water partition coefficient (Wildman–Crippen LogP) is 5.39. The van der Waals surface area contributed by atoms with Crippen molar-refractivity contribution < 1.29 is 9.59 Å². The van der Waals surface area contributed by atoms with Gasteiger partial charge in [0.15, 0.2) is 0 Å². The molecule has 2 amide bonds. The Morgan fingerprint density at radius 1 is 1.23 bits per heavy atom. The molecule has 2 aromatic rings. The Kier molecular flexibility index (Phi) is 11.2. The van der Waals surface area contributed by atoms with Crippen molar-refractivity contribution in [3.63, 3.8) is 0 Å². The molecule has 1 unspecified atom stereocenters. The number of nitrogens with one attached hydrogen (secondary N) is 1. The van der Waals surface area contributed by atoms with Gasteiger partial charge in [-0.25, -0.2) is 0 Å². The standard InChI is InChI=1S/C20H25N3O2S.2C2H6/c1-13(2)6-7-18(24)22-17-10-15-4-3-5-16(21)19(15)23(20(17)25)11-14-8-9-26-12-14;2*1-2/h3-5,8-9,12-13,17H,6-7,10-11,21H2,1-2H3,(H,22,24);2*1-2H3. The minimum Gasteiger partial charge on any atom is -0.397 e. The zero-order chi connectivity index (χ0) is 22.7. The van der Waals surface area contributed by atoms with Gasteiger partial charge in [0.2, 0.25) is 11.8 Å². The van der Waals surface area contributed by atoms with E-state index in [0.717, 1.165) is 23.2 Å². The molecule has 1 aliphatic rings. The SMILES string of the molecule is CC.CC.CC(C)CCC(=O)NC1Cc2cccc(N)c2N(Cc2ccsc2)C1=O. The topological polar surface area (TPSA) is 75.4 Å². The molecule has 0 radical (unpaired) electrons. The van der Waals surface area contributed by atoms with Gasteiger partial charge in [0.25, 0.3) is 0 Å². The summed E-state index contributed by atoms with van der Waals surface area (Å²) in [6, 6.07) is 7.15. The van der Waals surface area contributed by atoms with Crippen molar-refractivity contribution in [1.29, 1.82) is 0 Å². The summed E-state index contributed by atoms with van der Waals surface area (Å²) in [4.78, 5) is 27.1. The maximum Gasteiger partial charge on any atom is 0.250 e. The van der Waals surface area contributed by atoms with Crippen LogP contribution in [0.2, 0.25) is 0 Å². The first-order valence-electron chi connectivity index (χ1n) is 10.9. The molecule has 6 heteroatoms. The van der Waals surface area contributed by atoms with Crippen LogP contribution < -0.4 is 16.0 Å². The lowest BCUT2D eigenvalue weighted by atomic mass is 9.95. The van der Waals surface area contributed by atoms with E-state index < -0.39 is 6.04 Å². The van der Waals surface area contributed by atoms with Crippen molar-refractivity contribution in [1.82, 2.24) is 5.32 Å². The van der Waals surface area contributed by atoms with Crippen molar-refractivity contribution in [2.45, 2.75) is 73.4 Å². The number of hydrogen-bond donors (Lipinski definition) is 2. The first-order chi connectivity index (χ1) is 14.5. The van der Waals surface area contributed by atoms with Gasteiger partial charge in [-0.15, -0.1) is 0 Å². The number of rotatable bonds is 6. The number of amides is 2. The molecule has 0 fully saturated rings. The van der Waals surface area contributed by atoms with Gasteiger partial charge in [-0.3, -0.25) is 9.59 Å². The first kappa shape index (κ1) is 25.7. The number of anilines is 2. The van der Waals surface area contributed by atoms with E-state index in [1.807, 2.05) is 62.7 Å². The number of benzene rings is 1. The van der Waals surface area contributed by atoms with Gasteiger partial charge in [0.05, 0.1) is 17.9 Å². The quantitative estimate of drug-likeness (QED) is 0.602. The lowest BCUT2D eigenvalue weighted by Crippen LogP contribution is -2.52. The second-order valence-electron chi connectivity index (χ2n) is 7.17. The molecule has 2 heterocycles. The Balaban J connectivity index is 0.00000106. The van der Waals surface area contributed by atoms with E-state index in [-0.39, 0.29) is 11.8 Å². The van der Waals surface area contributed by atoms with E-state index in [9.17, 15) is 9.59 Å². The number of fused-ring (bicyclic) bond motifs is 1. The molecule has 30 heavy (non-hydrogen) atoms. The van der Waals surface area contributed by atoms with Gasteiger partial charge >= 0.3 is 0 Å². The minimum atomic E-state index is -0.539. The van der Waals surface area contributed by atoms with Crippen LogP contribution in [0, 0.1) is 5.92 Å². The number of nitrogens with two attached hydrogens (primary N) is 1. The third kappa shape index (κ3) is 6.87. The van der Waals surface area contributed by atoms with Crippen LogP contribution in [0.25, 0.3) is 0 Å². The van der Waals surface area contributed by atoms with Crippen LogP contribution in [0.5, 0.6) is 0 Å². The molecule has 1 aliphatic heterocycles. The van der Waals surface area contributed by atoms with Gasteiger partial charge in [0.1, 0.15) is 6.04 Å². The molecular weight excluding hydrogens is 394 g/mol. The maximum atomic E-state index is 13.1. The van der Waals surface area contributed by atoms with E-state index in [0.29, 0.717) is 31.0 Å². The number of carbonyl (C=O) groups is 2. The molecule has 3 N–H and O–H groups in total. The summed E-state index contributed by atoms with van der Waals surface area (Å²) >= 11 is 1.60. The van der Waals surface area contributed by atoms with Crippen LogP contribution in [0.1, 0.15) is 65.5 Å². The van der Waals surface area contributed by atoms with Gasteiger partial charge in [-0.05, 0) is 46.4 Å². The van der Waals surface area contributed by atoms with Crippen molar-refractivity contribution in [3.8, 4) is 0 Å². The predicted molar refractivity (Wildman–Crippen MR) is 129 cm³/mol. The largest absolute Gasteiger partial charge is 0.397 e. The average Bonchev–Trinajstić information content (AvgIpc) is 3.26. The van der Waals surface area contributed by atoms with E-state index in [4.69, 9.17) is 5.73 Å². The van der Waals surface area contributed by atoms with Crippen LogP contribution >= 0.6 is 11.3 Å². The van der Waals surface area contributed by atoms with Crippen LogP contribution in [-0.4, -0.2) is 17.9 Å². The Morgan fingerprint density at radius 3 is 2.53 bits per heavy atom. The maximum absolute atomic E-state index is 13.1. The molecular formula is C24H37N3O2S. The highest BCUT2D eigenvalue weighted by molar-refractivity contribution is 7.07. The van der Waals surface area contributed by atoms with E-state index in [2.05, 4.69) is 19.2 Å². The van der Waals surface area contributed by atoms with E-state index in [1.165, 1.54) is 0 Å². The summed E-state index contributed by atoms with van der Waals surface area (Å²) in [7, 11) is 0. The fourth-order valence-electron chi connectivity index (χ4n) is 3.23. The molecule has 1 aromatic heterocycles. The van der Waals surface area contributed by atoms with Crippen LogP contribution in [-0.2, 0) is 22.6 Å². The normalized spacial score (nSPS) is 14.8. The van der Waals surface area contributed by atoms with Crippen molar-refractivity contribution in [2.24, 2.45) is 5.92 Å². The van der Waals surface area contributed by atoms with Crippen molar-refractivity contribution >= 4 is 34.5 Å². The summed E-state index contributed by atoms with van der Waals surface area (Å²) in [6.45, 7) is 12.6. The van der Waals surface area contributed by atoms with Crippen molar-refractivity contribution in [3.05, 3.63) is 46.2 Å². The number of hydrogen-bond acceptors (Lipinski definition) is 4. The summed E-state index contributed by atoms with van der Waals surface area (Å²) < 4.78 is 0. The molecule has 3 rings (SSSR count). The Hall–Kier alpha value is -2.34. The fraction of sp³-hybridized carbons (Fsp3) is 0.500. The van der Waals surface area contributed by atoms with Crippen molar-refractivity contribution in [2.75, 3.05) is 10.6 Å². The Labute approximate surface area is 185 Å². The lowest BCUT2D eigenvalue weighted by molar-refractivity contribution is -0.128. The number of carbonyl (C=O) groups excluding carboxylic acids is 2. The molecule has 1 aromatic carbocycles. The van der Waals surface area contributed by atoms with Gasteiger partial charge in [-0.2, -0.15) is 11.3 Å². The van der Waals surface area contributed by atoms with Gasteiger partial charge in [0, 0.05) is 12.8 Å². The number of nitrogens with zero attached hydrogens (tertiary/aromatic N) is 1. The second kappa shape index (κ2) is 13.1. The molecule has 0 saturated carbocycles. The highest BCUT2D eigenvalue weighted by Gasteiger charge is 2.34. The highest BCUT2D eigenvalue weighted by atomic mass is 32.1. The number of thiophene rings is 1. The number of nitrogen functional groups attached to an aromatic ring is 1. The summed E-state index contributed by atoms with van der Waals surface area (Å²) in [5.41, 5.74) is 9.59. The molecule has 0 spiro atoms. The highest BCUT2D eigenvalue weighted by Crippen LogP contribution is 2.34. The van der Waals surface area contributed by atoms with Crippen LogP contribution in [0.3, 0.4) is 0 Å². The molecule has 5 nitrogen and oxygen atoms in total. The first-order valence-corrected chi connectivity index (χ1v) is 11.9. The Bertz CT molecular complexity index is 788. The smallest absolute Gasteiger partial charge is 0.250 e. The molecule has 166 valence electrons. The van der Waals surface area contributed by atoms with Crippen LogP contribution in [0.15, 0.2) is 35.0 Å². The Morgan fingerprint density at radius 2 is 1.93 bits per heavy atom. The second-order valence-corrected chi connectivity index (χ2v) is 7.95. The fourth-order valence-corrected chi connectivity index (χ4v) is 3.89. The minimum absolute atomic E-state index is 0.0695. The third-order valence-electron chi connectivity index (χ3n) is 4.61. The average molecular weight is 432 g/mol. The van der Waals surface area contributed by atoms with E-state index in [1.54, 1.807) is 16.2 Å². The molecule has 0 saturated heterocycles. The number of para-hydroxylation sites is 1. The third-order valence-corrected chi connectivity index (χ3v) is 5.35. The molecule has 0 bridgehead atoms. The molecule has 0 aliphatic carbocycles. The lowest BCUT2D eigenvalue weighted by Gasteiger charge is -2.35. The zero-order valence-corrected chi connectivity index (χ0v) is 20.0. The summed E-state index contributed by atoms with van der Waals surface area (Å²) in [6.07, 6.45) is 1.73. The van der Waals surface area contributed by atoms with Gasteiger partial charge in [-0.1, -0.05) is 53.7 Å². The molecule has 1 atom stereocenters. The van der Waals surface area contributed by atoms with Gasteiger partial charge < -0.3 is 16.0 Å².